The Labute approximate surface area is 328 Å². The number of rotatable bonds is 29. The van der Waals surface area contributed by atoms with E-state index in [9.17, 15) is 45.6 Å². The van der Waals surface area contributed by atoms with Gasteiger partial charge in [-0.3, -0.25) is 4.79 Å². The highest BCUT2D eigenvalue weighted by Gasteiger charge is 2.50. The predicted octanol–water partition coefficient (Wildman–Crippen LogP) is 2.81. The lowest BCUT2D eigenvalue weighted by molar-refractivity contribution is -0.359. The highest BCUT2D eigenvalue weighted by atomic mass is 16.7. The molecule has 2 heterocycles. The van der Waals surface area contributed by atoms with E-state index in [1.54, 1.807) is 6.08 Å². The molecule has 0 aromatic heterocycles. The summed E-state index contributed by atoms with van der Waals surface area (Å²) in [6.45, 7) is 2.57. The molecule has 0 bridgehead atoms. The summed E-state index contributed by atoms with van der Waals surface area (Å²) in [4.78, 5) is 13.0. The first kappa shape index (κ1) is 49.4. The van der Waals surface area contributed by atoms with E-state index in [4.69, 9.17) is 18.9 Å². The Bertz CT molecular complexity index is 1070. The van der Waals surface area contributed by atoms with Gasteiger partial charge in [0.25, 0.3) is 0 Å². The summed E-state index contributed by atoms with van der Waals surface area (Å²) in [5.41, 5.74) is 0. The highest BCUT2D eigenvalue weighted by Crippen LogP contribution is 2.29. The van der Waals surface area contributed by atoms with Crippen LogP contribution in [0, 0.1) is 0 Å². The molecule has 2 rings (SSSR count). The maximum absolute atomic E-state index is 13.0. The monoisotopic (exact) mass is 788 g/mol. The molecule has 0 aromatic rings. The third-order valence-electron chi connectivity index (χ3n) is 10.1. The molecular weight excluding hydrogens is 714 g/mol. The number of amides is 1. The van der Waals surface area contributed by atoms with E-state index in [1.807, 2.05) is 6.08 Å². The average Bonchev–Trinajstić information content (AvgIpc) is 3.18. The Hall–Kier alpha value is -1.79. The van der Waals surface area contributed by atoms with Gasteiger partial charge in [0.15, 0.2) is 12.6 Å². The molecule has 55 heavy (non-hydrogen) atoms. The van der Waals surface area contributed by atoms with Crippen LogP contribution in [0.4, 0.5) is 0 Å². The molecule has 0 radical (unpaired) electrons. The van der Waals surface area contributed by atoms with Gasteiger partial charge in [-0.15, -0.1) is 0 Å². The van der Waals surface area contributed by atoms with Gasteiger partial charge in [0, 0.05) is 6.42 Å². The zero-order chi connectivity index (χ0) is 40.4. The molecule has 12 unspecified atom stereocenters. The summed E-state index contributed by atoms with van der Waals surface area (Å²) in [6.07, 6.45) is 12.2. The summed E-state index contributed by atoms with van der Waals surface area (Å²) < 4.78 is 22.5. The number of aliphatic hydroxyl groups is 8. The molecule has 2 saturated heterocycles. The molecular formula is C41H73NO13. The van der Waals surface area contributed by atoms with Crippen LogP contribution in [-0.2, 0) is 23.7 Å². The van der Waals surface area contributed by atoms with Crippen LogP contribution < -0.4 is 5.32 Å². The van der Waals surface area contributed by atoms with Crippen molar-refractivity contribution < 1.29 is 64.6 Å². The third kappa shape index (κ3) is 18.6. The SMILES string of the molecule is CC/C=C/CC/C=C/CC/C=C/C(O)C(COC1OC(CO)C(OC2OC(CO)C(O)C(O)C2O)C(O)C1O)NC(=O)CCCCCCCCCCCCC. The number of carbonyl (C=O) groups excluding carboxylic acids is 1. The van der Waals surface area contributed by atoms with Crippen molar-refractivity contribution >= 4 is 5.91 Å². The van der Waals surface area contributed by atoms with Gasteiger partial charge < -0.3 is 65.1 Å². The second kappa shape index (κ2) is 29.4. The molecule has 14 nitrogen and oxygen atoms in total. The number of unbranched alkanes of at least 4 members (excludes halogenated alkanes) is 12. The predicted molar refractivity (Wildman–Crippen MR) is 208 cm³/mol. The summed E-state index contributed by atoms with van der Waals surface area (Å²) in [5.74, 6) is -0.261. The summed E-state index contributed by atoms with van der Waals surface area (Å²) in [6, 6.07) is -0.930. The second-order valence-electron chi connectivity index (χ2n) is 14.7. The van der Waals surface area contributed by atoms with Crippen LogP contribution in [0.5, 0.6) is 0 Å². The lowest BCUT2D eigenvalue weighted by Gasteiger charge is -2.46. The van der Waals surface area contributed by atoms with Crippen molar-refractivity contribution in [3.63, 3.8) is 0 Å². The minimum atomic E-state index is -1.79. The van der Waals surface area contributed by atoms with Crippen molar-refractivity contribution in [2.45, 2.75) is 197 Å². The number of hydrogen-bond donors (Lipinski definition) is 9. The smallest absolute Gasteiger partial charge is 0.220 e. The van der Waals surface area contributed by atoms with Gasteiger partial charge in [-0.1, -0.05) is 115 Å². The van der Waals surface area contributed by atoms with Crippen LogP contribution >= 0.6 is 0 Å². The summed E-state index contributed by atoms with van der Waals surface area (Å²) in [5, 5.41) is 86.1. The van der Waals surface area contributed by atoms with E-state index in [-0.39, 0.29) is 18.9 Å². The Kier molecular flexibility index (Phi) is 26.4. The molecule has 2 fully saturated rings. The van der Waals surface area contributed by atoms with Crippen molar-refractivity contribution in [2.75, 3.05) is 19.8 Å². The fourth-order valence-corrected chi connectivity index (χ4v) is 6.62. The largest absolute Gasteiger partial charge is 0.394 e. The lowest BCUT2D eigenvalue weighted by Crippen LogP contribution is -2.65. The number of allylic oxidation sites excluding steroid dienone is 5. The molecule has 2 aliphatic rings. The van der Waals surface area contributed by atoms with Crippen molar-refractivity contribution in [2.24, 2.45) is 0 Å². The van der Waals surface area contributed by atoms with Crippen molar-refractivity contribution in [3.05, 3.63) is 36.5 Å². The minimum Gasteiger partial charge on any atom is -0.394 e. The number of ether oxygens (including phenoxy) is 4. The number of hydrogen-bond acceptors (Lipinski definition) is 13. The molecule has 0 spiro atoms. The van der Waals surface area contributed by atoms with Gasteiger partial charge >= 0.3 is 0 Å². The number of aliphatic hydroxyl groups excluding tert-OH is 8. The van der Waals surface area contributed by atoms with Gasteiger partial charge in [-0.25, -0.2) is 0 Å². The molecule has 12 atom stereocenters. The average molecular weight is 788 g/mol. The van der Waals surface area contributed by atoms with Crippen LogP contribution in [0.25, 0.3) is 0 Å². The quantitative estimate of drug-likeness (QED) is 0.0393. The number of carbonyl (C=O) groups is 1. The van der Waals surface area contributed by atoms with Crippen LogP contribution in [0.15, 0.2) is 36.5 Å². The van der Waals surface area contributed by atoms with E-state index in [1.165, 1.54) is 44.9 Å². The first-order chi connectivity index (χ1) is 26.6. The molecule has 2 aliphatic heterocycles. The molecule has 320 valence electrons. The molecule has 0 saturated carbocycles. The molecule has 0 aliphatic carbocycles. The summed E-state index contributed by atoms with van der Waals surface area (Å²) in [7, 11) is 0. The van der Waals surface area contributed by atoms with Crippen LogP contribution in [0.3, 0.4) is 0 Å². The highest BCUT2D eigenvalue weighted by molar-refractivity contribution is 5.76. The normalized spacial score (nSPS) is 30.1. The Morgan fingerprint density at radius 1 is 0.655 bits per heavy atom. The van der Waals surface area contributed by atoms with Crippen molar-refractivity contribution in [1.82, 2.24) is 5.32 Å². The first-order valence-corrected chi connectivity index (χ1v) is 20.7. The van der Waals surface area contributed by atoms with E-state index >= 15 is 0 Å². The fourth-order valence-electron chi connectivity index (χ4n) is 6.62. The van der Waals surface area contributed by atoms with Gasteiger partial charge in [-0.05, 0) is 38.5 Å². The van der Waals surface area contributed by atoms with Crippen molar-refractivity contribution in [3.8, 4) is 0 Å². The maximum Gasteiger partial charge on any atom is 0.220 e. The van der Waals surface area contributed by atoms with Crippen LogP contribution in [0.2, 0.25) is 0 Å². The van der Waals surface area contributed by atoms with Gasteiger partial charge in [-0.2, -0.15) is 0 Å². The Morgan fingerprint density at radius 3 is 1.76 bits per heavy atom. The molecule has 0 aromatic carbocycles. The van der Waals surface area contributed by atoms with Gasteiger partial charge in [0.2, 0.25) is 5.91 Å². The van der Waals surface area contributed by atoms with E-state index < -0.39 is 86.8 Å². The Morgan fingerprint density at radius 2 is 1.18 bits per heavy atom. The lowest BCUT2D eigenvalue weighted by atomic mass is 9.97. The molecule has 1 amide bonds. The fraction of sp³-hybridized carbons (Fsp3) is 0.829. The van der Waals surface area contributed by atoms with E-state index in [0.717, 1.165) is 44.9 Å². The van der Waals surface area contributed by atoms with Crippen molar-refractivity contribution in [1.29, 1.82) is 0 Å². The molecule has 9 N–H and O–H groups in total. The Balaban J connectivity index is 1.96. The zero-order valence-corrected chi connectivity index (χ0v) is 33.2. The van der Waals surface area contributed by atoms with Crippen LogP contribution in [-0.4, -0.2) is 140 Å². The molecule has 14 heteroatoms. The second-order valence-corrected chi connectivity index (χ2v) is 14.7. The van der Waals surface area contributed by atoms with Gasteiger partial charge in [0.1, 0.15) is 48.8 Å². The van der Waals surface area contributed by atoms with E-state index in [2.05, 4.69) is 43.5 Å². The van der Waals surface area contributed by atoms with E-state index in [0.29, 0.717) is 12.8 Å². The van der Waals surface area contributed by atoms with Crippen LogP contribution in [0.1, 0.15) is 123 Å². The van der Waals surface area contributed by atoms with Gasteiger partial charge in [0.05, 0.1) is 32.0 Å². The minimum absolute atomic E-state index is 0.261. The standard InChI is InChI=1S/C41H73NO13/c1-3-5-7-9-11-13-15-17-19-21-23-25-33(46)42-29(30(45)24-22-20-18-16-14-12-10-8-6-4-2)28-52-40-38(51)36(49)39(32(27-44)54-40)55-41-37(50)35(48)34(47)31(26-43)53-41/h6,8,14,16,22,24,29-32,34-41,43-45,47-51H,3-5,7,9-13,15,17-21,23,25-28H2,1-2H3,(H,42,46)/b8-6+,16-14+,24-22+. The summed E-state index contributed by atoms with van der Waals surface area (Å²) >= 11 is 0. The third-order valence-corrected chi connectivity index (χ3v) is 10.1. The maximum atomic E-state index is 13.0. The number of nitrogens with one attached hydrogen (secondary N) is 1. The topological polar surface area (TPSA) is 228 Å². The first-order valence-electron chi connectivity index (χ1n) is 20.7. The zero-order valence-electron chi connectivity index (χ0n) is 33.2.